The van der Waals surface area contributed by atoms with Gasteiger partial charge in [-0.25, -0.2) is 13.4 Å². The lowest BCUT2D eigenvalue weighted by Gasteiger charge is -2.32. The van der Waals surface area contributed by atoms with Crippen LogP contribution in [0.2, 0.25) is 0 Å². The summed E-state index contributed by atoms with van der Waals surface area (Å²) in [7, 11) is 0.238. The van der Waals surface area contributed by atoms with Gasteiger partial charge in [0.25, 0.3) is 5.91 Å². The van der Waals surface area contributed by atoms with Gasteiger partial charge in [-0.2, -0.15) is 8.78 Å². The molecule has 6 nitrogen and oxygen atoms in total. The predicted octanol–water partition coefficient (Wildman–Crippen LogP) is 1.79. The summed E-state index contributed by atoms with van der Waals surface area (Å²) in [5, 5.41) is 2.98. The fourth-order valence-electron chi connectivity index (χ4n) is 2.68. The molecular weight excluding hydrogens is 354 g/mol. The fraction of sp³-hybridized carbons (Fsp3) is 0.438. The molecule has 1 heterocycles. The third-order valence-corrected chi connectivity index (χ3v) is 5.48. The van der Waals surface area contributed by atoms with Gasteiger partial charge in [-0.05, 0) is 30.2 Å². The Morgan fingerprint density at radius 3 is 2.40 bits per heavy atom. The summed E-state index contributed by atoms with van der Waals surface area (Å²) in [6.07, 6.45) is 3.27. The Bertz CT molecular complexity index is 733. The minimum atomic E-state index is -3.11. The number of carbonyl (C=O) groups excluding carboxylic acids is 1. The van der Waals surface area contributed by atoms with Crippen molar-refractivity contribution in [2.75, 3.05) is 25.6 Å². The number of alkyl halides is 2. The summed E-state index contributed by atoms with van der Waals surface area (Å²) in [6.45, 7) is -2.89. The molecule has 138 valence electrons. The maximum Gasteiger partial charge on any atom is 0.387 e. The number of rotatable bonds is 6. The zero-order valence-electron chi connectivity index (χ0n) is 13.9. The summed E-state index contributed by atoms with van der Waals surface area (Å²) < 4.78 is 51.7. The van der Waals surface area contributed by atoms with Crippen molar-refractivity contribution in [2.45, 2.75) is 19.1 Å². The summed E-state index contributed by atoms with van der Waals surface area (Å²) in [5.41, 5.74) is 0.632. The maximum atomic E-state index is 12.4. The Labute approximate surface area is 145 Å². The molecule has 0 aliphatic carbocycles. The molecule has 25 heavy (non-hydrogen) atoms. The van der Waals surface area contributed by atoms with Crippen LogP contribution < -0.4 is 4.74 Å². The number of hydrogen-bond donors (Lipinski definition) is 0. The van der Waals surface area contributed by atoms with Crippen molar-refractivity contribution in [1.29, 1.82) is 0 Å². The van der Waals surface area contributed by atoms with E-state index in [1.54, 1.807) is 31.2 Å². The Balaban J connectivity index is 2.06. The maximum absolute atomic E-state index is 12.4. The topological polar surface area (TPSA) is 66.9 Å². The molecule has 0 spiro atoms. The van der Waals surface area contributed by atoms with E-state index < -0.39 is 16.4 Å². The van der Waals surface area contributed by atoms with E-state index in [-0.39, 0.29) is 29.2 Å². The van der Waals surface area contributed by atoms with E-state index in [0.29, 0.717) is 12.0 Å². The molecule has 1 aliphatic rings. The highest BCUT2D eigenvalue weighted by atomic mass is 32.2. The van der Waals surface area contributed by atoms with Crippen molar-refractivity contribution in [3.05, 3.63) is 35.9 Å². The van der Waals surface area contributed by atoms with Gasteiger partial charge in [0.2, 0.25) is 0 Å². The Morgan fingerprint density at radius 1 is 1.28 bits per heavy atom. The third kappa shape index (κ3) is 5.50. The number of benzene rings is 1. The third-order valence-electron chi connectivity index (χ3n) is 3.73. The van der Waals surface area contributed by atoms with Gasteiger partial charge in [0.05, 0.1) is 17.5 Å². The second-order valence-corrected chi connectivity index (χ2v) is 8.10. The second-order valence-electron chi connectivity index (χ2n) is 5.87. The SMILES string of the molecule is CN(C)N(C(=O)/C=C/c1ccc(OC(F)F)cc1)[C@@H]1CCS(=O)(=O)C1. The molecule has 0 radical (unpaired) electrons. The standard InChI is InChI=1S/C16H20F2N2O4S/c1-19(2)20(13-9-10-25(22,23)11-13)15(21)8-5-12-3-6-14(7-4-12)24-16(17)18/h3-8,13,16H,9-11H2,1-2H3/b8-5+/t13-/m1/s1. The van der Waals surface area contributed by atoms with Crippen LogP contribution >= 0.6 is 0 Å². The molecule has 0 bridgehead atoms. The first kappa shape index (κ1) is 19.3. The molecule has 0 aromatic heterocycles. The molecule has 1 aromatic carbocycles. The van der Waals surface area contributed by atoms with E-state index in [9.17, 15) is 22.0 Å². The molecule has 1 atom stereocenters. The molecule has 1 fully saturated rings. The Hall–Kier alpha value is -2.00. The number of amides is 1. The molecule has 0 saturated carbocycles. The highest BCUT2D eigenvalue weighted by molar-refractivity contribution is 7.91. The second kappa shape index (κ2) is 7.92. The van der Waals surface area contributed by atoms with Gasteiger partial charge in [0, 0.05) is 20.2 Å². The monoisotopic (exact) mass is 374 g/mol. The van der Waals surface area contributed by atoms with Gasteiger partial charge < -0.3 is 4.74 Å². The van der Waals surface area contributed by atoms with E-state index in [0.717, 1.165) is 0 Å². The van der Waals surface area contributed by atoms with Crippen LogP contribution in [0.5, 0.6) is 5.75 Å². The number of ether oxygens (including phenoxy) is 1. The molecule has 1 amide bonds. The van der Waals surface area contributed by atoms with E-state index in [4.69, 9.17) is 0 Å². The van der Waals surface area contributed by atoms with Crippen LogP contribution in [-0.2, 0) is 14.6 Å². The van der Waals surface area contributed by atoms with Gasteiger partial charge in [-0.3, -0.25) is 9.80 Å². The first-order valence-corrected chi connectivity index (χ1v) is 9.44. The van der Waals surface area contributed by atoms with Crippen LogP contribution in [0.15, 0.2) is 30.3 Å². The Morgan fingerprint density at radius 2 is 1.92 bits per heavy atom. The van der Waals surface area contributed by atoms with Crippen LogP contribution in [0, 0.1) is 0 Å². The highest BCUT2D eigenvalue weighted by Gasteiger charge is 2.35. The smallest absolute Gasteiger partial charge is 0.387 e. The number of halogens is 2. The summed E-state index contributed by atoms with van der Waals surface area (Å²) >= 11 is 0. The number of hydrazine groups is 1. The van der Waals surface area contributed by atoms with Crippen molar-refractivity contribution in [3.63, 3.8) is 0 Å². The zero-order chi connectivity index (χ0) is 18.6. The largest absolute Gasteiger partial charge is 0.435 e. The molecule has 1 saturated heterocycles. The van der Waals surface area contributed by atoms with Gasteiger partial charge in [0.1, 0.15) is 5.75 Å². The molecule has 9 heteroatoms. The van der Waals surface area contributed by atoms with Gasteiger partial charge in [-0.15, -0.1) is 0 Å². The highest BCUT2D eigenvalue weighted by Crippen LogP contribution is 2.20. The lowest BCUT2D eigenvalue weighted by molar-refractivity contribution is -0.143. The molecular formula is C16H20F2N2O4S. The van der Waals surface area contributed by atoms with Crippen LogP contribution in [0.1, 0.15) is 12.0 Å². The quantitative estimate of drug-likeness (QED) is 0.561. The summed E-state index contributed by atoms with van der Waals surface area (Å²) in [5.74, 6) is -0.292. The van der Waals surface area contributed by atoms with E-state index >= 15 is 0 Å². The number of hydrogen-bond acceptors (Lipinski definition) is 5. The number of nitrogens with zero attached hydrogens (tertiary/aromatic N) is 2. The average Bonchev–Trinajstić information content (AvgIpc) is 2.85. The molecule has 0 N–H and O–H groups in total. The van der Waals surface area contributed by atoms with Gasteiger partial charge >= 0.3 is 6.61 Å². The van der Waals surface area contributed by atoms with Gasteiger partial charge in [-0.1, -0.05) is 12.1 Å². The fourth-order valence-corrected chi connectivity index (χ4v) is 4.37. The minimum absolute atomic E-state index is 0.0320. The normalized spacial score (nSPS) is 19.7. The average molecular weight is 374 g/mol. The van der Waals surface area contributed by atoms with Crippen LogP contribution in [0.25, 0.3) is 6.08 Å². The van der Waals surface area contributed by atoms with Crippen molar-refractivity contribution >= 4 is 21.8 Å². The van der Waals surface area contributed by atoms with E-state index in [1.165, 1.54) is 29.3 Å². The van der Waals surface area contributed by atoms with E-state index in [2.05, 4.69) is 4.74 Å². The zero-order valence-corrected chi connectivity index (χ0v) is 14.7. The summed E-state index contributed by atoms with van der Waals surface area (Å²) in [4.78, 5) is 12.4. The van der Waals surface area contributed by atoms with Crippen molar-refractivity contribution in [2.24, 2.45) is 0 Å². The lowest BCUT2D eigenvalue weighted by atomic mass is 10.2. The Kier molecular flexibility index (Phi) is 6.12. The van der Waals surface area contributed by atoms with Crippen LogP contribution in [0.4, 0.5) is 8.78 Å². The minimum Gasteiger partial charge on any atom is -0.435 e. The van der Waals surface area contributed by atoms with Crippen molar-refractivity contribution < 1.29 is 26.7 Å². The van der Waals surface area contributed by atoms with Crippen molar-refractivity contribution in [1.82, 2.24) is 10.0 Å². The predicted molar refractivity (Wildman–Crippen MR) is 89.7 cm³/mol. The van der Waals surface area contributed by atoms with Gasteiger partial charge in [0.15, 0.2) is 9.84 Å². The van der Waals surface area contributed by atoms with Crippen LogP contribution in [0.3, 0.4) is 0 Å². The summed E-state index contributed by atoms with van der Waals surface area (Å²) in [6, 6.07) is 5.45. The first-order valence-electron chi connectivity index (χ1n) is 7.62. The van der Waals surface area contributed by atoms with Crippen molar-refractivity contribution in [3.8, 4) is 5.75 Å². The lowest BCUT2D eigenvalue weighted by Crippen LogP contribution is -2.48. The number of carbonyl (C=O) groups is 1. The molecule has 0 unspecified atom stereocenters. The molecule has 2 rings (SSSR count). The molecule has 1 aromatic rings. The molecule has 1 aliphatic heterocycles. The van der Waals surface area contributed by atoms with Crippen LogP contribution in [-0.4, -0.2) is 62.6 Å². The number of sulfone groups is 1. The first-order chi connectivity index (χ1) is 11.7. The van der Waals surface area contributed by atoms with E-state index in [1.807, 2.05) is 0 Å².